The van der Waals surface area contributed by atoms with E-state index in [1.165, 1.54) is 4.88 Å². The maximum absolute atomic E-state index is 5.82. The fourth-order valence-corrected chi connectivity index (χ4v) is 3.54. The third-order valence-corrected chi connectivity index (χ3v) is 4.72. The van der Waals surface area contributed by atoms with Crippen molar-refractivity contribution < 1.29 is 0 Å². The van der Waals surface area contributed by atoms with E-state index in [0.29, 0.717) is 4.99 Å². The summed E-state index contributed by atoms with van der Waals surface area (Å²) in [4.78, 5) is 4.00. The van der Waals surface area contributed by atoms with E-state index in [0.717, 1.165) is 28.7 Å². The van der Waals surface area contributed by atoms with Crippen molar-refractivity contribution in [3.63, 3.8) is 0 Å². The average Bonchev–Trinajstić information content (AvgIpc) is 2.88. The van der Waals surface area contributed by atoms with Crippen LogP contribution >= 0.6 is 39.5 Å². The maximum atomic E-state index is 5.82. The Morgan fingerprint density at radius 2 is 2.16 bits per heavy atom. The Labute approximate surface area is 131 Å². The third kappa shape index (κ3) is 3.55. The van der Waals surface area contributed by atoms with Gasteiger partial charge in [0.25, 0.3) is 0 Å². The van der Waals surface area contributed by atoms with E-state index in [4.69, 9.17) is 18.0 Å². The quantitative estimate of drug-likeness (QED) is 0.827. The molecule has 0 fully saturated rings. The van der Waals surface area contributed by atoms with Gasteiger partial charge in [0.05, 0.1) is 0 Å². The van der Waals surface area contributed by atoms with Crippen LogP contribution in [0.1, 0.15) is 10.4 Å². The van der Waals surface area contributed by atoms with Gasteiger partial charge in [-0.1, -0.05) is 24.4 Å². The Hall–Kier alpha value is -0.910. The summed E-state index contributed by atoms with van der Waals surface area (Å²) in [5.41, 5.74) is 7.80. The molecule has 0 unspecified atom stereocenters. The topological polar surface area (TPSA) is 29.3 Å². The molecule has 0 spiro atoms. The Kier molecular flexibility index (Phi) is 4.96. The van der Waals surface area contributed by atoms with E-state index < -0.39 is 0 Å². The van der Waals surface area contributed by atoms with Gasteiger partial charge in [-0.25, -0.2) is 0 Å². The van der Waals surface area contributed by atoms with Crippen LogP contribution in [0.25, 0.3) is 0 Å². The van der Waals surface area contributed by atoms with Crippen molar-refractivity contribution in [1.29, 1.82) is 0 Å². The fraction of sp³-hybridized carbons (Fsp3) is 0.214. The van der Waals surface area contributed by atoms with Gasteiger partial charge in [-0.15, -0.1) is 11.3 Å². The van der Waals surface area contributed by atoms with Gasteiger partial charge in [-0.3, -0.25) is 0 Å². The second kappa shape index (κ2) is 6.50. The molecule has 1 heterocycles. The first-order valence-corrected chi connectivity index (χ1v) is 7.99. The minimum absolute atomic E-state index is 0.422. The summed E-state index contributed by atoms with van der Waals surface area (Å²) in [6.45, 7) is 0.937. The van der Waals surface area contributed by atoms with Crippen LogP contribution < -0.4 is 10.6 Å². The summed E-state index contributed by atoms with van der Waals surface area (Å²) in [6, 6.07) is 10.3. The molecule has 0 aliphatic rings. The van der Waals surface area contributed by atoms with Gasteiger partial charge in [0.1, 0.15) is 4.99 Å². The highest BCUT2D eigenvalue weighted by molar-refractivity contribution is 9.10. The molecule has 2 aromatic rings. The minimum Gasteiger partial charge on any atom is -0.389 e. The van der Waals surface area contributed by atoms with Gasteiger partial charge in [-0.2, -0.15) is 0 Å². The number of anilines is 1. The van der Waals surface area contributed by atoms with E-state index in [1.807, 2.05) is 18.2 Å². The molecule has 2 rings (SSSR count). The molecule has 0 aliphatic heterocycles. The average molecular weight is 355 g/mol. The molecular formula is C14H15BrN2S2. The summed E-state index contributed by atoms with van der Waals surface area (Å²) >= 11 is 10.4. The SMILES string of the molecule is CN(CCc1cccs1)c1cccc(Br)c1C(N)=S. The first-order chi connectivity index (χ1) is 9.09. The van der Waals surface area contributed by atoms with Crippen LogP contribution in [-0.4, -0.2) is 18.6 Å². The van der Waals surface area contributed by atoms with E-state index in [2.05, 4.69) is 45.4 Å². The first-order valence-electron chi connectivity index (χ1n) is 5.91. The lowest BCUT2D eigenvalue weighted by molar-refractivity contribution is 0.886. The number of nitrogens with zero attached hydrogens (tertiary/aromatic N) is 1. The van der Waals surface area contributed by atoms with Gasteiger partial charge in [0, 0.05) is 34.2 Å². The smallest absolute Gasteiger partial charge is 0.107 e. The van der Waals surface area contributed by atoms with Crippen LogP contribution in [-0.2, 0) is 6.42 Å². The van der Waals surface area contributed by atoms with Crippen molar-refractivity contribution >= 4 is 50.2 Å². The van der Waals surface area contributed by atoms with Gasteiger partial charge < -0.3 is 10.6 Å². The molecule has 0 amide bonds. The van der Waals surface area contributed by atoms with E-state index >= 15 is 0 Å². The van der Waals surface area contributed by atoms with Gasteiger partial charge >= 0.3 is 0 Å². The summed E-state index contributed by atoms with van der Waals surface area (Å²) in [5, 5.41) is 2.11. The lowest BCUT2D eigenvalue weighted by atomic mass is 10.1. The van der Waals surface area contributed by atoms with E-state index in [-0.39, 0.29) is 0 Å². The molecule has 1 aromatic carbocycles. The summed E-state index contributed by atoms with van der Waals surface area (Å²) < 4.78 is 0.945. The number of benzene rings is 1. The molecule has 2 N–H and O–H groups in total. The second-order valence-electron chi connectivity index (χ2n) is 4.25. The summed E-state index contributed by atoms with van der Waals surface area (Å²) in [6.07, 6.45) is 1.03. The number of rotatable bonds is 5. The molecule has 0 atom stereocenters. The van der Waals surface area contributed by atoms with Gasteiger partial charge in [0.15, 0.2) is 0 Å². The number of likely N-dealkylation sites (N-methyl/N-ethyl adjacent to an activating group) is 1. The van der Waals surface area contributed by atoms with Crippen LogP contribution in [0, 0.1) is 0 Å². The van der Waals surface area contributed by atoms with Crippen molar-refractivity contribution in [2.24, 2.45) is 5.73 Å². The second-order valence-corrected chi connectivity index (χ2v) is 6.58. The number of thiocarbonyl (C=S) groups is 1. The van der Waals surface area contributed by atoms with E-state index in [9.17, 15) is 0 Å². The van der Waals surface area contributed by atoms with Crippen LogP contribution in [0.4, 0.5) is 5.69 Å². The van der Waals surface area contributed by atoms with Crippen molar-refractivity contribution in [2.45, 2.75) is 6.42 Å². The molecule has 0 aliphatic carbocycles. The number of hydrogen-bond acceptors (Lipinski definition) is 3. The monoisotopic (exact) mass is 354 g/mol. The van der Waals surface area contributed by atoms with Crippen LogP contribution in [0.2, 0.25) is 0 Å². The number of thiophene rings is 1. The molecule has 0 saturated heterocycles. The largest absolute Gasteiger partial charge is 0.389 e. The van der Waals surface area contributed by atoms with Crippen LogP contribution in [0.5, 0.6) is 0 Å². The normalized spacial score (nSPS) is 10.4. The van der Waals surface area contributed by atoms with Crippen molar-refractivity contribution in [2.75, 3.05) is 18.5 Å². The highest BCUT2D eigenvalue weighted by Crippen LogP contribution is 2.27. The Balaban J connectivity index is 2.16. The number of nitrogens with two attached hydrogens (primary N) is 1. The van der Waals surface area contributed by atoms with E-state index in [1.54, 1.807) is 11.3 Å². The number of hydrogen-bond donors (Lipinski definition) is 1. The van der Waals surface area contributed by atoms with Crippen LogP contribution in [0.3, 0.4) is 0 Å². The predicted molar refractivity (Wildman–Crippen MR) is 91.3 cm³/mol. The molecule has 0 radical (unpaired) electrons. The molecule has 0 bridgehead atoms. The molecule has 2 nitrogen and oxygen atoms in total. The zero-order valence-electron chi connectivity index (χ0n) is 10.6. The Morgan fingerprint density at radius 1 is 1.37 bits per heavy atom. The molecule has 100 valence electrons. The third-order valence-electron chi connectivity index (χ3n) is 2.92. The summed E-state index contributed by atoms with van der Waals surface area (Å²) in [7, 11) is 2.07. The zero-order valence-corrected chi connectivity index (χ0v) is 13.8. The fourth-order valence-electron chi connectivity index (χ4n) is 1.93. The zero-order chi connectivity index (χ0) is 13.8. The molecule has 1 aromatic heterocycles. The molecule has 5 heteroatoms. The highest BCUT2D eigenvalue weighted by Gasteiger charge is 2.12. The van der Waals surface area contributed by atoms with Crippen molar-refractivity contribution in [1.82, 2.24) is 0 Å². The Bertz CT molecular complexity index is 567. The molecular weight excluding hydrogens is 340 g/mol. The molecule has 0 saturated carbocycles. The maximum Gasteiger partial charge on any atom is 0.107 e. The van der Waals surface area contributed by atoms with Crippen molar-refractivity contribution in [3.05, 3.63) is 50.6 Å². The van der Waals surface area contributed by atoms with Gasteiger partial charge in [-0.05, 0) is 45.9 Å². The first kappa shape index (κ1) is 14.5. The van der Waals surface area contributed by atoms with Crippen molar-refractivity contribution in [3.8, 4) is 0 Å². The minimum atomic E-state index is 0.422. The Morgan fingerprint density at radius 3 is 2.79 bits per heavy atom. The lowest BCUT2D eigenvalue weighted by Gasteiger charge is -2.22. The summed E-state index contributed by atoms with van der Waals surface area (Å²) in [5.74, 6) is 0. The lowest BCUT2D eigenvalue weighted by Crippen LogP contribution is -2.24. The molecule has 19 heavy (non-hydrogen) atoms. The highest BCUT2D eigenvalue weighted by atomic mass is 79.9. The number of halogens is 1. The predicted octanol–water partition coefficient (Wildman–Crippen LogP) is 3.82. The standard InChI is InChI=1S/C14H15BrN2S2/c1-17(8-7-10-4-3-9-19-10)12-6-2-5-11(15)13(12)14(16)18/h2-6,9H,7-8H2,1H3,(H2,16,18). The van der Waals surface area contributed by atoms with Crippen LogP contribution in [0.15, 0.2) is 40.2 Å². The van der Waals surface area contributed by atoms with Gasteiger partial charge in [0.2, 0.25) is 0 Å².